The molecule has 2 rings (SSSR count). The minimum absolute atomic E-state index is 0.149. The number of ether oxygens (including phenoxy) is 1. The Morgan fingerprint density at radius 1 is 0.955 bits per heavy atom. The van der Waals surface area contributed by atoms with Gasteiger partial charge in [-0.25, -0.2) is 0 Å². The Bertz CT molecular complexity index is 425. The molecule has 0 aromatic carbocycles. The second-order valence-electron chi connectivity index (χ2n) is 7.80. The summed E-state index contributed by atoms with van der Waals surface area (Å²) in [7, 11) is 1.44. The van der Waals surface area contributed by atoms with Crippen LogP contribution >= 0.6 is 0 Å². The fourth-order valence-electron chi connectivity index (χ4n) is 5.08. The van der Waals surface area contributed by atoms with Crippen molar-refractivity contribution < 1.29 is 9.53 Å². The number of nitriles is 1. The molecule has 0 aliphatic heterocycles. The van der Waals surface area contributed by atoms with Crippen LogP contribution in [0.4, 0.5) is 0 Å². The SMILES string of the molecule is COC(=O)C(C#N)(C1CCCCC1)C(C)(C)C1CCCCC1. The van der Waals surface area contributed by atoms with Crippen molar-refractivity contribution in [1.29, 1.82) is 5.26 Å². The van der Waals surface area contributed by atoms with Gasteiger partial charge in [-0.05, 0) is 42.9 Å². The molecule has 3 heteroatoms. The highest BCUT2D eigenvalue weighted by molar-refractivity contribution is 5.81. The van der Waals surface area contributed by atoms with Crippen LogP contribution in [0.25, 0.3) is 0 Å². The molecule has 2 saturated carbocycles. The lowest BCUT2D eigenvalue weighted by Crippen LogP contribution is -2.53. The summed E-state index contributed by atoms with van der Waals surface area (Å²) in [6, 6.07) is 2.50. The van der Waals surface area contributed by atoms with Gasteiger partial charge in [-0.2, -0.15) is 5.26 Å². The molecule has 0 radical (unpaired) electrons. The molecule has 2 fully saturated rings. The standard InChI is InChI=1S/C19H31NO2/c1-18(2,15-10-6-4-7-11-15)19(14-20,17(21)22-3)16-12-8-5-9-13-16/h15-16H,4-13H2,1-3H3. The van der Waals surface area contributed by atoms with E-state index >= 15 is 0 Å². The van der Waals surface area contributed by atoms with E-state index in [1.807, 2.05) is 0 Å². The first-order valence-corrected chi connectivity index (χ1v) is 9.00. The van der Waals surface area contributed by atoms with Gasteiger partial charge in [0.25, 0.3) is 0 Å². The summed E-state index contributed by atoms with van der Waals surface area (Å²) in [5, 5.41) is 10.1. The quantitative estimate of drug-likeness (QED) is 0.697. The van der Waals surface area contributed by atoms with Gasteiger partial charge in [0.1, 0.15) is 0 Å². The van der Waals surface area contributed by atoms with Crippen LogP contribution in [0.15, 0.2) is 0 Å². The van der Waals surface area contributed by atoms with Crippen LogP contribution in [0.1, 0.15) is 78.1 Å². The van der Waals surface area contributed by atoms with Crippen LogP contribution in [0.5, 0.6) is 0 Å². The first-order chi connectivity index (χ1) is 10.5. The number of hydrogen-bond donors (Lipinski definition) is 0. The summed E-state index contributed by atoms with van der Waals surface area (Å²) < 4.78 is 5.18. The number of rotatable bonds is 4. The summed E-state index contributed by atoms with van der Waals surface area (Å²) in [5.74, 6) is 0.301. The molecule has 3 nitrogen and oxygen atoms in total. The molecule has 0 bridgehead atoms. The minimum Gasteiger partial charge on any atom is -0.468 e. The third-order valence-corrected chi connectivity index (χ3v) is 6.54. The maximum atomic E-state index is 12.8. The van der Waals surface area contributed by atoms with Gasteiger partial charge in [0.2, 0.25) is 0 Å². The molecule has 0 amide bonds. The predicted molar refractivity (Wildman–Crippen MR) is 87.0 cm³/mol. The zero-order valence-corrected chi connectivity index (χ0v) is 14.5. The van der Waals surface area contributed by atoms with Gasteiger partial charge in [-0.3, -0.25) is 4.79 Å². The van der Waals surface area contributed by atoms with Crippen molar-refractivity contribution in [1.82, 2.24) is 0 Å². The largest absolute Gasteiger partial charge is 0.468 e. The maximum Gasteiger partial charge on any atom is 0.327 e. The lowest BCUT2D eigenvalue weighted by atomic mass is 9.51. The highest BCUT2D eigenvalue weighted by atomic mass is 16.5. The Hall–Kier alpha value is -1.04. The van der Waals surface area contributed by atoms with Crippen molar-refractivity contribution >= 4 is 5.97 Å². The second-order valence-corrected chi connectivity index (χ2v) is 7.80. The Balaban J connectivity index is 2.41. The summed E-state index contributed by atoms with van der Waals surface area (Å²) in [6.07, 6.45) is 11.5. The molecule has 0 spiro atoms. The molecule has 124 valence electrons. The van der Waals surface area contributed by atoms with Gasteiger partial charge in [-0.1, -0.05) is 52.4 Å². The average Bonchev–Trinajstić information content (AvgIpc) is 2.57. The van der Waals surface area contributed by atoms with Crippen molar-refractivity contribution in [3.8, 4) is 6.07 Å². The molecule has 0 aromatic heterocycles. The zero-order chi connectivity index (χ0) is 16.2. The summed E-state index contributed by atoms with van der Waals surface area (Å²) in [4.78, 5) is 12.8. The van der Waals surface area contributed by atoms with E-state index in [2.05, 4.69) is 19.9 Å². The molecule has 0 saturated heterocycles. The Morgan fingerprint density at radius 3 is 1.82 bits per heavy atom. The van der Waals surface area contributed by atoms with Crippen molar-refractivity contribution in [2.45, 2.75) is 78.1 Å². The number of nitrogens with zero attached hydrogens (tertiary/aromatic N) is 1. The molecule has 0 heterocycles. The number of carbonyl (C=O) groups is 1. The Kier molecular flexibility index (Phi) is 5.53. The van der Waals surface area contributed by atoms with Crippen LogP contribution in [0, 0.1) is 34.0 Å². The number of carbonyl (C=O) groups excluding carboxylic acids is 1. The number of hydrogen-bond acceptors (Lipinski definition) is 3. The lowest BCUT2D eigenvalue weighted by Gasteiger charge is -2.50. The van der Waals surface area contributed by atoms with Crippen LogP contribution in [0.2, 0.25) is 0 Å². The third kappa shape index (κ3) is 2.77. The van der Waals surface area contributed by atoms with Gasteiger partial charge < -0.3 is 4.74 Å². The first-order valence-electron chi connectivity index (χ1n) is 9.00. The van der Waals surface area contributed by atoms with Gasteiger partial charge in [-0.15, -0.1) is 0 Å². The van der Waals surface area contributed by atoms with E-state index < -0.39 is 5.41 Å². The topological polar surface area (TPSA) is 50.1 Å². The van der Waals surface area contributed by atoms with E-state index in [9.17, 15) is 10.1 Å². The monoisotopic (exact) mass is 305 g/mol. The number of methoxy groups -OCH3 is 1. The van der Waals surface area contributed by atoms with Crippen LogP contribution in [0.3, 0.4) is 0 Å². The number of esters is 1. The van der Waals surface area contributed by atoms with Crippen molar-refractivity contribution in [3.63, 3.8) is 0 Å². The predicted octanol–water partition coefficient (Wildman–Crippen LogP) is 4.86. The smallest absolute Gasteiger partial charge is 0.327 e. The fourth-order valence-corrected chi connectivity index (χ4v) is 5.08. The van der Waals surface area contributed by atoms with E-state index in [1.165, 1.54) is 32.8 Å². The van der Waals surface area contributed by atoms with Gasteiger partial charge >= 0.3 is 5.97 Å². The van der Waals surface area contributed by atoms with Crippen LogP contribution < -0.4 is 0 Å². The highest BCUT2D eigenvalue weighted by Crippen LogP contribution is 2.56. The average molecular weight is 305 g/mol. The molecule has 22 heavy (non-hydrogen) atoms. The molecule has 1 unspecified atom stereocenters. The van der Waals surface area contributed by atoms with Crippen molar-refractivity contribution in [3.05, 3.63) is 0 Å². The van der Waals surface area contributed by atoms with Gasteiger partial charge in [0.05, 0.1) is 13.2 Å². The van der Waals surface area contributed by atoms with Crippen molar-refractivity contribution in [2.24, 2.45) is 22.7 Å². The molecule has 0 N–H and O–H groups in total. The zero-order valence-electron chi connectivity index (χ0n) is 14.5. The first kappa shape index (κ1) is 17.3. The highest BCUT2D eigenvalue weighted by Gasteiger charge is 2.60. The van der Waals surface area contributed by atoms with Crippen LogP contribution in [-0.2, 0) is 9.53 Å². The molecular formula is C19H31NO2. The Morgan fingerprint density at radius 2 is 1.41 bits per heavy atom. The van der Waals surface area contributed by atoms with Gasteiger partial charge in [0, 0.05) is 0 Å². The summed E-state index contributed by atoms with van der Waals surface area (Å²) in [5.41, 5.74) is -1.30. The Labute approximate surface area is 135 Å². The molecule has 0 aromatic rings. The fraction of sp³-hybridized carbons (Fsp3) is 0.895. The van der Waals surface area contributed by atoms with Gasteiger partial charge in [0.15, 0.2) is 5.41 Å². The lowest BCUT2D eigenvalue weighted by molar-refractivity contribution is -0.165. The third-order valence-electron chi connectivity index (χ3n) is 6.54. The van der Waals surface area contributed by atoms with E-state index in [0.717, 1.165) is 38.5 Å². The van der Waals surface area contributed by atoms with E-state index in [-0.39, 0.29) is 17.3 Å². The summed E-state index contributed by atoms with van der Waals surface area (Å²) in [6.45, 7) is 4.30. The maximum absolute atomic E-state index is 12.8. The summed E-state index contributed by atoms with van der Waals surface area (Å²) >= 11 is 0. The minimum atomic E-state index is -0.982. The van der Waals surface area contributed by atoms with E-state index in [4.69, 9.17) is 4.74 Å². The van der Waals surface area contributed by atoms with Crippen molar-refractivity contribution in [2.75, 3.05) is 7.11 Å². The second kappa shape index (κ2) is 7.02. The normalized spacial score (nSPS) is 24.3. The van der Waals surface area contributed by atoms with Crippen LogP contribution in [-0.4, -0.2) is 13.1 Å². The molecular weight excluding hydrogens is 274 g/mol. The van der Waals surface area contributed by atoms with E-state index in [1.54, 1.807) is 0 Å². The molecule has 1 atom stereocenters. The molecule has 2 aliphatic rings. The molecule has 2 aliphatic carbocycles. The van der Waals surface area contributed by atoms with E-state index in [0.29, 0.717) is 5.92 Å².